The molecule has 1 aliphatic heterocycles. The highest BCUT2D eigenvalue weighted by Gasteiger charge is 2.34. The lowest BCUT2D eigenvalue weighted by molar-refractivity contribution is -0.113. The van der Waals surface area contributed by atoms with Crippen molar-refractivity contribution >= 4 is 57.9 Å². The number of carbonyl (C=O) groups is 2. The number of thioether (sulfide) groups is 1. The van der Waals surface area contributed by atoms with Crippen LogP contribution in [-0.4, -0.2) is 17.3 Å². The second-order valence-corrected chi connectivity index (χ2v) is 9.56. The number of carbonyl (C=O) groups excluding carboxylic acids is 2. The number of allylic oxidation sites excluding steroid dienone is 3. The van der Waals surface area contributed by atoms with E-state index >= 15 is 0 Å². The predicted molar refractivity (Wildman–Crippen MR) is 124 cm³/mol. The Kier molecular flexibility index (Phi) is 7.10. The summed E-state index contributed by atoms with van der Waals surface area (Å²) >= 11 is 14.7. The van der Waals surface area contributed by atoms with Crippen molar-refractivity contribution in [2.75, 3.05) is 5.75 Å². The van der Waals surface area contributed by atoms with Crippen LogP contribution in [0.2, 0.25) is 10.0 Å². The summed E-state index contributed by atoms with van der Waals surface area (Å²) in [6.45, 7) is 5.30. The highest BCUT2D eigenvalue weighted by molar-refractivity contribution is 8.03. The Morgan fingerprint density at radius 1 is 1.23 bits per heavy atom. The molecule has 0 fully saturated rings. The summed E-state index contributed by atoms with van der Waals surface area (Å²) in [5.41, 5.74) is 3.21. The number of benzene rings is 1. The summed E-state index contributed by atoms with van der Waals surface area (Å²) in [6.07, 6.45) is 0. The number of halogens is 2. The number of hydrogen-bond donors (Lipinski definition) is 1. The highest BCUT2D eigenvalue weighted by Crippen LogP contribution is 2.43. The molecule has 3 rings (SSSR count). The second-order valence-electron chi connectivity index (χ2n) is 6.82. The van der Waals surface area contributed by atoms with E-state index in [-0.39, 0.29) is 17.3 Å². The lowest BCUT2D eigenvalue weighted by atomic mass is 9.84. The molecule has 4 nitrogen and oxygen atoms in total. The highest BCUT2D eigenvalue weighted by atomic mass is 35.5. The third kappa shape index (κ3) is 4.50. The first-order valence-corrected chi connectivity index (χ1v) is 11.6. The first-order chi connectivity index (χ1) is 14.2. The summed E-state index contributed by atoms with van der Waals surface area (Å²) in [7, 11) is 0. The molecule has 0 saturated heterocycles. The number of ketones is 2. The van der Waals surface area contributed by atoms with Gasteiger partial charge in [0.2, 0.25) is 0 Å². The van der Waals surface area contributed by atoms with Gasteiger partial charge in [-0.1, -0.05) is 35.0 Å². The third-order valence-electron chi connectivity index (χ3n) is 4.78. The maximum Gasteiger partial charge on any atom is 0.173 e. The van der Waals surface area contributed by atoms with Gasteiger partial charge in [0.1, 0.15) is 0 Å². The fraction of sp³-hybridized carbons (Fsp3) is 0.227. The molecule has 0 unspecified atom stereocenters. The molecule has 1 aromatic heterocycles. The van der Waals surface area contributed by atoms with E-state index in [0.29, 0.717) is 37.5 Å². The van der Waals surface area contributed by atoms with Crippen LogP contribution in [0.15, 0.2) is 51.5 Å². The minimum atomic E-state index is -0.434. The number of aryl methyl sites for hydroxylation is 1. The van der Waals surface area contributed by atoms with Crippen molar-refractivity contribution in [1.29, 1.82) is 5.26 Å². The smallest absolute Gasteiger partial charge is 0.173 e. The first kappa shape index (κ1) is 22.6. The van der Waals surface area contributed by atoms with Crippen molar-refractivity contribution in [2.45, 2.75) is 26.7 Å². The van der Waals surface area contributed by atoms with E-state index in [1.54, 1.807) is 12.1 Å². The van der Waals surface area contributed by atoms with Gasteiger partial charge < -0.3 is 5.32 Å². The SMILES string of the molecule is CC(=O)C1=C(C)NC(SCC(=O)c2ccc(Cl)c(Cl)c2)=C(C#N)[C@@H]1c1sccc1C. The van der Waals surface area contributed by atoms with E-state index in [9.17, 15) is 14.9 Å². The van der Waals surface area contributed by atoms with Crippen molar-refractivity contribution in [3.8, 4) is 6.07 Å². The van der Waals surface area contributed by atoms with E-state index in [1.165, 1.54) is 36.1 Å². The Morgan fingerprint density at radius 2 is 1.97 bits per heavy atom. The van der Waals surface area contributed by atoms with Gasteiger partial charge >= 0.3 is 0 Å². The van der Waals surface area contributed by atoms with Crippen LogP contribution < -0.4 is 5.32 Å². The standard InChI is InChI=1S/C22H18Cl2N2O2S2/c1-11-6-7-29-21(11)20-15(9-25)22(26-12(2)19(20)13(3)27)30-10-18(28)14-4-5-16(23)17(24)8-14/h4-8,20,26H,10H2,1-3H3/t20-/m0/s1. The molecule has 1 N–H and O–H groups in total. The zero-order valence-electron chi connectivity index (χ0n) is 16.5. The van der Waals surface area contributed by atoms with Crippen LogP contribution >= 0.6 is 46.3 Å². The Hall–Kier alpha value is -2.04. The van der Waals surface area contributed by atoms with E-state index in [4.69, 9.17) is 23.2 Å². The van der Waals surface area contributed by atoms with E-state index in [0.717, 1.165) is 10.4 Å². The van der Waals surface area contributed by atoms with Gasteiger partial charge in [-0.25, -0.2) is 0 Å². The van der Waals surface area contributed by atoms with Crippen LogP contribution in [0.25, 0.3) is 0 Å². The van der Waals surface area contributed by atoms with Crippen LogP contribution in [-0.2, 0) is 4.79 Å². The summed E-state index contributed by atoms with van der Waals surface area (Å²) < 4.78 is 0. The zero-order chi connectivity index (χ0) is 22.0. The van der Waals surface area contributed by atoms with Crippen molar-refractivity contribution in [1.82, 2.24) is 5.32 Å². The lowest BCUT2D eigenvalue weighted by Crippen LogP contribution is -2.27. The van der Waals surface area contributed by atoms with Crippen LogP contribution in [0.4, 0.5) is 0 Å². The number of thiophene rings is 1. The Labute approximate surface area is 193 Å². The van der Waals surface area contributed by atoms with Gasteiger partial charge in [-0.15, -0.1) is 11.3 Å². The largest absolute Gasteiger partial charge is 0.353 e. The van der Waals surface area contributed by atoms with Gasteiger partial charge in [-0.05, 0) is 56.0 Å². The molecular formula is C22H18Cl2N2O2S2. The van der Waals surface area contributed by atoms with Gasteiger partial charge in [-0.3, -0.25) is 9.59 Å². The molecule has 0 amide bonds. The predicted octanol–water partition coefficient (Wildman–Crippen LogP) is 6.26. The van der Waals surface area contributed by atoms with Crippen molar-refractivity contribution in [3.05, 3.63) is 77.6 Å². The van der Waals surface area contributed by atoms with Gasteiger partial charge in [0.05, 0.1) is 38.4 Å². The normalized spacial score (nSPS) is 16.3. The molecule has 1 atom stereocenters. The Morgan fingerprint density at radius 3 is 2.53 bits per heavy atom. The monoisotopic (exact) mass is 476 g/mol. The average molecular weight is 477 g/mol. The summed E-state index contributed by atoms with van der Waals surface area (Å²) in [6, 6.07) is 9.00. The molecule has 8 heteroatoms. The van der Waals surface area contributed by atoms with E-state index in [2.05, 4.69) is 11.4 Å². The minimum Gasteiger partial charge on any atom is -0.353 e. The number of rotatable bonds is 6. The molecule has 0 aliphatic carbocycles. The van der Waals surface area contributed by atoms with Crippen molar-refractivity contribution < 1.29 is 9.59 Å². The number of nitrogens with one attached hydrogen (secondary N) is 1. The molecule has 0 bridgehead atoms. The van der Waals surface area contributed by atoms with E-state index in [1.807, 2.05) is 25.3 Å². The number of hydrogen-bond acceptors (Lipinski definition) is 6. The average Bonchev–Trinajstić information content (AvgIpc) is 3.12. The van der Waals surface area contributed by atoms with Gasteiger partial charge in [0.25, 0.3) is 0 Å². The molecule has 1 aromatic carbocycles. The van der Waals surface area contributed by atoms with E-state index < -0.39 is 5.92 Å². The topological polar surface area (TPSA) is 70.0 Å². The molecule has 0 radical (unpaired) electrons. The van der Waals surface area contributed by atoms with Crippen molar-refractivity contribution in [2.24, 2.45) is 0 Å². The fourth-order valence-corrected chi connectivity index (χ4v) is 5.66. The fourth-order valence-electron chi connectivity index (χ4n) is 3.33. The summed E-state index contributed by atoms with van der Waals surface area (Å²) in [5, 5.41) is 16.4. The maximum atomic E-state index is 12.6. The van der Waals surface area contributed by atoms with Gasteiger partial charge in [0.15, 0.2) is 11.6 Å². The molecule has 2 heterocycles. The van der Waals surface area contributed by atoms with Crippen LogP contribution in [0.1, 0.15) is 40.6 Å². The molecule has 1 aliphatic rings. The third-order valence-corrected chi connectivity index (χ3v) is 7.62. The first-order valence-electron chi connectivity index (χ1n) is 9.02. The van der Waals surface area contributed by atoms with Crippen LogP contribution in [0.3, 0.4) is 0 Å². The van der Waals surface area contributed by atoms with Gasteiger partial charge in [-0.2, -0.15) is 5.26 Å². The zero-order valence-corrected chi connectivity index (χ0v) is 19.7. The van der Waals surface area contributed by atoms with Crippen LogP contribution in [0.5, 0.6) is 0 Å². The molecule has 0 saturated carbocycles. The molecular weight excluding hydrogens is 459 g/mol. The molecule has 154 valence electrons. The molecule has 0 spiro atoms. The molecule has 2 aromatic rings. The molecule has 30 heavy (non-hydrogen) atoms. The number of nitriles is 1. The lowest BCUT2D eigenvalue weighted by Gasteiger charge is -2.29. The van der Waals surface area contributed by atoms with Gasteiger partial charge in [0, 0.05) is 21.7 Å². The summed E-state index contributed by atoms with van der Waals surface area (Å²) in [4.78, 5) is 26.0. The quantitative estimate of drug-likeness (QED) is 0.497. The maximum absolute atomic E-state index is 12.6. The van der Waals surface area contributed by atoms with Crippen LogP contribution in [0, 0.1) is 18.3 Å². The number of nitrogens with zero attached hydrogens (tertiary/aromatic N) is 1. The Bertz CT molecular complexity index is 1140. The van der Waals surface area contributed by atoms with Crippen molar-refractivity contribution in [3.63, 3.8) is 0 Å². The summed E-state index contributed by atoms with van der Waals surface area (Å²) in [5.74, 6) is -0.532. The Balaban J connectivity index is 1.94. The number of dihydropyridines is 1. The second kappa shape index (κ2) is 9.40. The minimum absolute atomic E-state index is 0.0820. The number of Topliss-reactive ketones (excluding diaryl/α,β-unsaturated/α-hetero) is 2.